The molecule has 1 N–H and O–H groups in total. The summed E-state index contributed by atoms with van der Waals surface area (Å²) < 4.78 is 5.39. The van der Waals surface area contributed by atoms with Crippen LogP contribution in [0.4, 0.5) is 0 Å². The molecule has 0 bridgehead atoms. The zero-order valence-corrected chi connectivity index (χ0v) is 11.2. The zero-order chi connectivity index (χ0) is 11.8. The van der Waals surface area contributed by atoms with E-state index in [1.807, 2.05) is 0 Å². The number of rotatable bonds is 7. The second-order valence-electron chi connectivity index (χ2n) is 4.97. The maximum atomic E-state index is 5.39. The molecule has 1 aliphatic heterocycles. The van der Waals surface area contributed by atoms with Crippen molar-refractivity contribution in [2.75, 3.05) is 33.4 Å². The first-order valence-corrected chi connectivity index (χ1v) is 6.75. The lowest BCUT2D eigenvalue weighted by atomic mass is 10.1. The van der Waals surface area contributed by atoms with Gasteiger partial charge in [-0.3, -0.25) is 0 Å². The van der Waals surface area contributed by atoms with E-state index in [1.54, 1.807) is 0 Å². The Kier molecular flexibility index (Phi) is 7.01. The maximum Gasteiger partial charge on any atom is 0.0480 e. The molecule has 0 aromatic heterocycles. The number of hydrogen-bond acceptors (Lipinski definition) is 3. The van der Waals surface area contributed by atoms with Crippen molar-refractivity contribution in [2.45, 2.75) is 51.6 Å². The van der Waals surface area contributed by atoms with Gasteiger partial charge in [0, 0.05) is 25.3 Å². The number of nitrogens with one attached hydrogen (secondary N) is 1. The van der Waals surface area contributed by atoms with Crippen LogP contribution in [-0.4, -0.2) is 50.3 Å². The molecule has 96 valence electrons. The second kappa shape index (κ2) is 8.04. The fraction of sp³-hybridized carbons (Fsp3) is 1.00. The summed E-state index contributed by atoms with van der Waals surface area (Å²) in [4.78, 5) is 2.51. The van der Waals surface area contributed by atoms with E-state index in [0.717, 1.165) is 25.8 Å². The Labute approximate surface area is 101 Å². The molecule has 1 saturated heterocycles. The van der Waals surface area contributed by atoms with Crippen molar-refractivity contribution in [3.05, 3.63) is 0 Å². The molecule has 0 radical (unpaired) electrons. The fourth-order valence-electron chi connectivity index (χ4n) is 2.20. The zero-order valence-electron chi connectivity index (χ0n) is 11.2. The van der Waals surface area contributed by atoms with Crippen LogP contribution in [-0.2, 0) is 4.74 Å². The van der Waals surface area contributed by atoms with Crippen molar-refractivity contribution in [1.29, 1.82) is 0 Å². The first kappa shape index (κ1) is 13.9. The number of hydrogen-bond donors (Lipinski definition) is 1. The lowest BCUT2D eigenvalue weighted by Crippen LogP contribution is -2.39. The van der Waals surface area contributed by atoms with Gasteiger partial charge in [0.1, 0.15) is 0 Å². The summed E-state index contributed by atoms with van der Waals surface area (Å²) in [6, 6.07) is 1.38. The van der Waals surface area contributed by atoms with Crippen LogP contribution < -0.4 is 5.32 Å². The van der Waals surface area contributed by atoms with E-state index < -0.39 is 0 Å². The van der Waals surface area contributed by atoms with Gasteiger partial charge in [0.05, 0.1) is 0 Å². The minimum Gasteiger partial charge on any atom is -0.381 e. The molecule has 0 aromatic rings. The maximum absolute atomic E-state index is 5.39. The van der Waals surface area contributed by atoms with Crippen LogP contribution >= 0.6 is 0 Å². The van der Waals surface area contributed by atoms with E-state index in [4.69, 9.17) is 4.74 Å². The predicted octanol–water partition coefficient (Wildman–Crippen LogP) is 1.88. The van der Waals surface area contributed by atoms with Gasteiger partial charge in [0.15, 0.2) is 0 Å². The third kappa shape index (κ3) is 5.28. The molecule has 1 rings (SSSR count). The van der Waals surface area contributed by atoms with E-state index in [2.05, 4.69) is 31.1 Å². The van der Waals surface area contributed by atoms with E-state index in [9.17, 15) is 0 Å². The average molecular weight is 228 g/mol. The molecule has 16 heavy (non-hydrogen) atoms. The van der Waals surface area contributed by atoms with Gasteiger partial charge in [-0.15, -0.1) is 0 Å². The highest BCUT2D eigenvalue weighted by molar-refractivity contribution is 4.73. The summed E-state index contributed by atoms with van der Waals surface area (Å²) in [5.74, 6) is 0. The molecule has 0 amide bonds. The van der Waals surface area contributed by atoms with Crippen LogP contribution in [0.3, 0.4) is 0 Å². The van der Waals surface area contributed by atoms with Gasteiger partial charge in [0.25, 0.3) is 0 Å². The molecule has 0 spiro atoms. The highest BCUT2D eigenvalue weighted by atomic mass is 16.5. The number of nitrogens with zero attached hydrogens (tertiary/aromatic N) is 1. The standard InChI is InChI=1S/C13H28N2O/c1-4-8-14-12(2)5-9-15(3)13-6-10-16-11-7-13/h12-14H,4-11H2,1-3H3. The van der Waals surface area contributed by atoms with Crippen molar-refractivity contribution < 1.29 is 4.74 Å². The molecule has 1 fully saturated rings. The third-order valence-corrected chi connectivity index (χ3v) is 3.47. The summed E-state index contributed by atoms with van der Waals surface area (Å²) in [5, 5.41) is 3.54. The van der Waals surface area contributed by atoms with E-state index >= 15 is 0 Å². The summed E-state index contributed by atoms with van der Waals surface area (Å²) in [6.45, 7) is 8.73. The van der Waals surface area contributed by atoms with E-state index in [1.165, 1.54) is 32.2 Å². The minimum absolute atomic E-state index is 0.641. The van der Waals surface area contributed by atoms with Crippen LogP contribution in [0.5, 0.6) is 0 Å². The minimum atomic E-state index is 0.641. The molecular formula is C13H28N2O. The lowest BCUT2D eigenvalue weighted by molar-refractivity contribution is 0.0421. The van der Waals surface area contributed by atoms with Gasteiger partial charge >= 0.3 is 0 Å². The van der Waals surface area contributed by atoms with Crippen LogP contribution in [0.25, 0.3) is 0 Å². The first-order chi connectivity index (χ1) is 7.74. The van der Waals surface area contributed by atoms with Gasteiger partial charge in [-0.05, 0) is 52.7 Å². The molecule has 0 saturated carbocycles. The molecule has 3 nitrogen and oxygen atoms in total. The average Bonchev–Trinajstić information content (AvgIpc) is 2.34. The van der Waals surface area contributed by atoms with Gasteiger partial charge in [-0.25, -0.2) is 0 Å². The Bertz CT molecular complexity index is 169. The van der Waals surface area contributed by atoms with Crippen LogP contribution in [0.1, 0.15) is 39.5 Å². The molecule has 1 aliphatic rings. The highest BCUT2D eigenvalue weighted by Crippen LogP contribution is 2.13. The lowest BCUT2D eigenvalue weighted by Gasteiger charge is -2.31. The second-order valence-corrected chi connectivity index (χ2v) is 4.97. The van der Waals surface area contributed by atoms with Crippen molar-refractivity contribution in [2.24, 2.45) is 0 Å². The first-order valence-electron chi connectivity index (χ1n) is 6.75. The summed E-state index contributed by atoms with van der Waals surface area (Å²) >= 11 is 0. The summed E-state index contributed by atoms with van der Waals surface area (Å²) in [5.41, 5.74) is 0. The van der Waals surface area contributed by atoms with E-state index in [0.29, 0.717) is 6.04 Å². The Morgan fingerprint density at radius 3 is 2.69 bits per heavy atom. The largest absolute Gasteiger partial charge is 0.381 e. The third-order valence-electron chi connectivity index (χ3n) is 3.47. The van der Waals surface area contributed by atoms with Crippen molar-refractivity contribution >= 4 is 0 Å². The SMILES string of the molecule is CCCNC(C)CCN(C)C1CCOCC1. The molecular weight excluding hydrogens is 200 g/mol. The van der Waals surface area contributed by atoms with Gasteiger partial charge < -0.3 is 15.0 Å². The Morgan fingerprint density at radius 1 is 1.38 bits per heavy atom. The van der Waals surface area contributed by atoms with Gasteiger partial charge in [-0.1, -0.05) is 6.92 Å². The Hall–Kier alpha value is -0.120. The molecule has 1 unspecified atom stereocenters. The molecule has 0 aliphatic carbocycles. The summed E-state index contributed by atoms with van der Waals surface area (Å²) in [6.07, 6.45) is 4.87. The van der Waals surface area contributed by atoms with Crippen LogP contribution in [0.15, 0.2) is 0 Å². The predicted molar refractivity (Wildman–Crippen MR) is 68.8 cm³/mol. The topological polar surface area (TPSA) is 24.5 Å². The quantitative estimate of drug-likeness (QED) is 0.720. The number of ether oxygens (including phenoxy) is 1. The van der Waals surface area contributed by atoms with Crippen molar-refractivity contribution in [1.82, 2.24) is 10.2 Å². The van der Waals surface area contributed by atoms with Crippen molar-refractivity contribution in [3.8, 4) is 0 Å². The molecule has 1 atom stereocenters. The van der Waals surface area contributed by atoms with E-state index in [-0.39, 0.29) is 0 Å². The fourth-order valence-corrected chi connectivity index (χ4v) is 2.20. The Morgan fingerprint density at radius 2 is 2.06 bits per heavy atom. The molecule has 0 aromatic carbocycles. The van der Waals surface area contributed by atoms with Crippen LogP contribution in [0, 0.1) is 0 Å². The monoisotopic (exact) mass is 228 g/mol. The molecule has 1 heterocycles. The Balaban J connectivity index is 2.10. The summed E-state index contributed by atoms with van der Waals surface area (Å²) in [7, 11) is 2.25. The van der Waals surface area contributed by atoms with Crippen molar-refractivity contribution in [3.63, 3.8) is 0 Å². The normalized spacial score (nSPS) is 20.2. The van der Waals surface area contributed by atoms with Gasteiger partial charge in [0.2, 0.25) is 0 Å². The smallest absolute Gasteiger partial charge is 0.0480 e. The highest BCUT2D eigenvalue weighted by Gasteiger charge is 2.18. The van der Waals surface area contributed by atoms with Crippen LogP contribution in [0.2, 0.25) is 0 Å². The van der Waals surface area contributed by atoms with Gasteiger partial charge in [-0.2, -0.15) is 0 Å². The molecule has 3 heteroatoms.